The third-order valence-corrected chi connectivity index (χ3v) is 2.50. The molecular weight excluding hydrogens is 190 g/mol. The molecule has 0 aliphatic rings. The van der Waals surface area contributed by atoms with Crippen molar-refractivity contribution in [2.75, 3.05) is 7.11 Å². The van der Waals surface area contributed by atoms with Crippen molar-refractivity contribution in [3.05, 3.63) is 30.0 Å². The van der Waals surface area contributed by atoms with E-state index in [1.807, 2.05) is 24.4 Å². The molecule has 0 aliphatic carbocycles. The van der Waals surface area contributed by atoms with E-state index in [1.165, 1.54) is 0 Å². The summed E-state index contributed by atoms with van der Waals surface area (Å²) in [7, 11) is 1.66. The highest BCUT2D eigenvalue weighted by Gasteiger charge is 2.07. The summed E-state index contributed by atoms with van der Waals surface area (Å²) in [5.41, 5.74) is 2.14. The molecule has 0 radical (unpaired) electrons. The molecule has 0 bridgehead atoms. The van der Waals surface area contributed by atoms with Crippen molar-refractivity contribution >= 4 is 17.2 Å². The lowest BCUT2D eigenvalue weighted by molar-refractivity contribution is -0.107. The fraction of sp³-hybridized carbons (Fsp3) is 0.250. The molecular formula is C12H13NO2. The third-order valence-electron chi connectivity index (χ3n) is 2.50. The SMILES string of the molecule is COc1c(CCC=O)ccc2[nH]ccc12. The van der Waals surface area contributed by atoms with Crippen LogP contribution in [0.3, 0.4) is 0 Å². The molecule has 3 nitrogen and oxygen atoms in total. The number of aromatic amines is 1. The van der Waals surface area contributed by atoms with Gasteiger partial charge in [0.25, 0.3) is 0 Å². The minimum Gasteiger partial charge on any atom is -0.496 e. The summed E-state index contributed by atoms with van der Waals surface area (Å²) in [6.07, 6.45) is 4.08. The number of methoxy groups -OCH3 is 1. The Labute approximate surface area is 88.1 Å². The van der Waals surface area contributed by atoms with Crippen LogP contribution < -0.4 is 4.74 Å². The van der Waals surface area contributed by atoms with E-state index in [1.54, 1.807) is 7.11 Å². The van der Waals surface area contributed by atoms with E-state index in [0.717, 1.165) is 34.9 Å². The van der Waals surface area contributed by atoms with Crippen LogP contribution in [0.4, 0.5) is 0 Å². The molecule has 15 heavy (non-hydrogen) atoms. The van der Waals surface area contributed by atoms with Crippen LogP contribution in [-0.4, -0.2) is 18.4 Å². The van der Waals surface area contributed by atoms with Crippen LogP contribution in [0.2, 0.25) is 0 Å². The van der Waals surface area contributed by atoms with E-state index in [4.69, 9.17) is 4.74 Å². The molecule has 78 valence electrons. The maximum Gasteiger partial charge on any atom is 0.131 e. The standard InChI is InChI=1S/C12H13NO2/c1-15-12-9(3-2-8-14)4-5-11-10(12)6-7-13-11/h4-8,13H,2-3H2,1H3. The number of H-pyrrole nitrogens is 1. The second-order valence-electron chi connectivity index (χ2n) is 3.40. The van der Waals surface area contributed by atoms with Gasteiger partial charge in [-0.1, -0.05) is 6.07 Å². The number of hydrogen-bond acceptors (Lipinski definition) is 2. The third kappa shape index (κ3) is 1.73. The van der Waals surface area contributed by atoms with Gasteiger partial charge in [0.2, 0.25) is 0 Å². The molecule has 1 aromatic carbocycles. The Bertz CT molecular complexity index is 473. The Morgan fingerprint density at radius 2 is 2.27 bits per heavy atom. The van der Waals surface area contributed by atoms with E-state index in [2.05, 4.69) is 4.98 Å². The Morgan fingerprint density at radius 1 is 1.40 bits per heavy atom. The van der Waals surface area contributed by atoms with Crippen LogP contribution in [0.5, 0.6) is 5.75 Å². The number of carbonyl (C=O) groups excluding carboxylic acids is 1. The van der Waals surface area contributed by atoms with Crippen molar-refractivity contribution in [3.63, 3.8) is 0 Å². The number of aromatic nitrogens is 1. The van der Waals surface area contributed by atoms with Gasteiger partial charge in [0, 0.05) is 23.5 Å². The monoisotopic (exact) mass is 203 g/mol. The van der Waals surface area contributed by atoms with Crippen LogP contribution >= 0.6 is 0 Å². The Morgan fingerprint density at radius 3 is 3.00 bits per heavy atom. The van der Waals surface area contributed by atoms with Gasteiger partial charge in [-0.05, 0) is 24.1 Å². The van der Waals surface area contributed by atoms with Gasteiger partial charge < -0.3 is 14.5 Å². The molecule has 1 aromatic heterocycles. The van der Waals surface area contributed by atoms with Gasteiger partial charge in [0.15, 0.2) is 0 Å². The molecule has 0 fully saturated rings. The first-order valence-corrected chi connectivity index (χ1v) is 4.93. The van der Waals surface area contributed by atoms with Crippen molar-refractivity contribution in [3.8, 4) is 5.75 Å². The van der Waals surface area contributed by atoms with Gasteiger partial charge in [-0.3, -0.25) is 0 Å². The second kappa shape index (κ2) is 4.17. The molecule has 1 N–H and O–H groups in total. The molecule has 0 saturated heterocycles. The average Bonchev–Trinajstić information content (AvgIpc) is 2.73. The van der Waals surface area contributed by atoms with Crippen LogP contribution in [0.15, 0.2) is 24.4 Å². The fourth-order valence-corrected chi connectivity index (χ4v) is 1.80. The number of carbonyl (C=O) groups is 1. The zero-order valence-electron chi connectivity index (χ0n) is 8.62. The van der Waals surface area contributed by atoms with Gasteiger partial charge >= 0.3 is 0 Å². The van der Waals surface area contributed by atoms with E-state index >= 15 is 0 Å². The van der Waals surface area contributed by atoms with Gasteiger partial charge in [0.05, 0.1) is 7.11 Å². The Balaban J connectivity index is 2.48. The summed E-state index contributed by atoms with van der Waals surface area (Å²) in [5.74, 6) is 0.871. The molecule has 0 unspecified atom stereocenters. The number of aldehydes is 1. The van der Waals surface area contributed by atoms with Crippen molar-refractivity contribution in [1.82, 2.24) is 4.98 Å². The van der Waals surface area contributed by atoms with E-state index in [0.29, 0.717) is 6.42 Å². The number of fused-ring (bicyclic) bond motifs is 1. The van der Waals surface area contributed by atoms with Gasteiger partial charge in [0.1, 0.15) is 12.0 Å². The van der Waals surface area contributed by atoms with Crippen LogP contribution in [0.25, 0.3) is 10.9 Å². The summed E-state index contributed by atoms with van der Waals surface area (Å²) in [4.78, 5) is 13.5. The van der Waals surface area contributed by atoms with E-state index < -0.39 is 0 Å². The summed E-state index contributed by atoms with van der Waals surface area (Å²) in [6, 6.07) is 6.00. The molecule has 1 heterocycles. The predicted molar refractivity (Wildman–Crippen MR) is 59.2 cm³/mol. The smallest absolute Gasteiger partial charge is 0.131 e. The predicted octanol–water partition coefficient (Wildman–Crippen LogP) is 2.31. The number of aryl methyl sites for hydroxylation is 1. The van der Waals surface area contributed by atoms with E-state index in [-0.39, 0.29) is 0 Å². The quantitative estimate of drug-likeness (QED) is 0.775. The van der Waals surface area contributed by atoms with Crippen molar-refractivity contribution in [2.24, 2.45) is 0 Å². The van der Waals surface area contributed by atoms with Crippen molar-refractivity contribution in [2.45, 2.75) is 12.8 Å². The Hall–Kier alpha value is -1.77. The topological polar surface area (TPSA) is 42.1 Å². The van der Waals surface area contributed by atoms with E-state index in [9.17, 15) is 4.79 Å². The maximum atomic E-state index is 10.3. The molecule has 0 atom stereocenters. The van der Waals surface area contributed by atoms with Crippen LogP contribution in [0, 0.1) is 0 Å². The van der Waals surface area contributed by atoms with Crippen LogP contribution in [-0.2, 0) is 11.2 Å². The first kappa shape index (κ1) is 9.77. The van der Waals surface area contributed by atoms with Crippen molar-refractivity contribution < 1.29 is 9.53 Å². The average molecular weight is 203 g/mol. The van der Waals surface area contributed by atoms with Crippen molar-refractivity contribution in [1.29, 1.82) is 0 Å². The molecule has 0 spiro atoms. The minimum atomic E-state index is 0.534. The molecule has 0 amide bonds. The highest BCUT2D eigenvalue weighted by molar-refractivity contribution is 5.87. The summed E-state index contributed by atoms with van der Waals surface area (Å²) in [6.45, 7) is 0. The molecule has 2 rings (SSSR count). The lowest BCUT2D eigenvalue weighted by Gasteiger charge is -2.08. The number of rotatable bonds is 4. The number of nitrogens with one attached hydrogen (secondary N) is 1. The Kier molecular flexibility index (Phi) is 2.72. The van der Waals surface area contributed by atoms with Gasteiger partial charge in [-0.2, -0.15) is 0 Å². The highest BCUT2D eigenvalue weighted by Crippen LogP contribution is 2.29. The zero-order chi connectivity index (χ0) is 10.7. The maximum absolute atomic E-state index is 10.3. The number of ether oxygens (including phenoxy) is 1. The molecule has 2 aromatic rings. The number of benzene rings is 1. The van der Waals surface area contributed by atoms with Crippen LogP contribution in [0.1, 0.15) is 12.0 Å². The van der Waals surface area contributed by atoms with Gasteiger partial charge in [-0.25, -0.2) is 0 Å². The molecule has 3 heteroatoms. The van der Waals surface area contributed by atoms with Gasteiger partial charge in [-0.15, -0.1) is 0 Å². The zero-order valence-corrected chi connectivity index (χ0v) is 8.62. The number of hydrogen-bond donors (Lipinski definition) is 1. The normalized spacial score (nSPS) is 10.5. The minimum absolute atomic E-state index is 0.534. The lowest BCUT2D eigenvalue weighted by atomic mass is 10.1. The summed E-state index contributed by atoms with van der Waals surface area (Å²) < 4.78 is 5.38. The molecule has 0 saturated carbocycles. The largest absolute Gasteiger partial charge is 0.496 e. The summed E-state index contributed by atoms with van der Waals surface area (Å²) >= 11 is 0. The summed E-state index contributed by atoms with van der Waals surface area (Å²) in [5, 5.41) is 1.07. The molecule has 0 aliphatic heterocycles. The first-order valence-electron chi connectivity index (χ1n) is 4.93. The lowest BCUT2D eigenvalue weighted by Crippen LogP contribution is -1.93. The fourth-order valence-electron chi connectivity index (χ4n) is 1.80. The second-order valence-corrected chi connectivity index (χ2v) is 3.40. The highest BCUT2D eigenvalue weighted by atomic mass is 16.5. The first-order chi connectivity index (χ1) is 7.36.